The Labute approximate surface area is 188 Å². The fraction of sp³-hybridized carbons (Fsp3) is 0.875. The number of hydrogen-bond acceptors (Lipinski definition) is 4. The molecule has 0 aliphatic carbocycles. The molecule has 4 atom stereocenters. The molecule has 1 aliphatic rings. The first-order chi connectivity index (χ1) is 13.6. The van der Waals surface area contributed by atoms with Crippen LogP contribution in [0.4, 0.5) is 0 Å². The Morgan fingerprint density at radius 3 is 2.10 bits per heavy atom. The lowest BCUT2D eigenvalue weighted by molar-refractivity contribution is 0.110. The third kappa shape index (κ3) is 7.30. The third-order valence-electron chi connectivity index (χ3n) is 7.36. The first-order valence-electron chi connectivity index (χ1n) is 11.6. The predicted molar refractivity (Wildman–Crippen MR) is 132 cm³/mol. The van der Waals surface area contributed by atoms with Gasteiger partial charge in [-0.3, -0.25) is 0 Å². The highest BCUT2D eigenvalue weighted by atomic mass is 28.4. The molecular formula is C24H47NO3Si2. The minimum absolute atomic E-state index is 0.00909. The van der Waals surface area contributed by atoms with Crippen molar-refractivity contribution in [1.82, 2.24) is 0 Å². The summed E-state index contributed by atoms with van der Waals surface area (Å²) in [5.74, 6) is 0.223. The Morgan fingerprint density at radius 2 is 1.63 bits per heavy atom. The van der Waals surface area contributed by atoms with E-state index in [9.17, 15) is 0 Å². The topological polar surface area (TPSA) is 51.5 Å². The number of ether oxygens (including phenoxy) is 1. The third-order valence-corrected chi connectivity index (χ3v) is 16.4. The van der Waals surface area contributed by atoms with E-state index >= 15 is 0 Å². The average molecular weight is 454 g/mol. The molecule has 0 amide bonds. The molecule has 1 heterocycles. The van der Waals surface area contributed by atoms with Gasteiger partial charge in [0.1, 0.15) is 0 Å². The van der Waals surface area contributed by atoms with Crippen LogP contribution in [0.2, 0.25) is 36.3 Å². The molecule has 0 spiro atoms. The fourth-order valence-corrected chi connectivity index (χ4v) is 5.88. The molecule has 0 aromatic heterocycles. The van der Waals surface area contributed by atoms with Crippen LogP contribution < -0.4 is 0 Å². The standard InChI is InChI=1S/C24H47NO3Si2/c1-12-19(27-29(8,9)23(2,3)4)15-16-21-20(14-13-17-25)22(18-26-21)28-30(10,11)24(5,6)7/h15-16,19-22H,12-14,18H2,1-11H3/b16-15+/t19-,20+,21+,22-/m0/s1. The summed E-state index contributed by atoms with van der Waals surface area (Å²) in [5.41, 5.74) is 0. The summed E-state index contributed by atoms with van der Waals surface area (Å²) < 4.78 is 19.5. The molecule has 0 saturated carbocycles. The van der Waals surface area contributed by atoms with Gasteiger partial charge in [-0.1, -0.05) is 60.6 Å². The highest BCUT2D eigenvalue weighted by Gasteiger charge is 2.45. The van der Waals surface area contributed by atoms with Gasteiger partial charge < -0.3 is 13.6 Å². The Kier molecular flexibility index (Phi) is 9.60. The number of hydrogen-bond donors (Lipinski definition) is 0. The highest BCUT2D eigenvalue weighted by Crippen LogP contribution is 2.41. The Hall–Kier alpha value is -0.456. The van der Waals surface area contributed by atoms with E-state index in [-0.39, 0.29) is 34.3 Å². The van der Waals surface area contributed by atoms with Gasteiger partial charge in [-0.2, -0.15) is 5.26 Å². The lowest BCUT2D eigenvalue weighted by Crippen LogP contribution is -2.46. The highest BCUT2D eigenvalue weighted by molar-refractivity contribution is 6.74. The first-order valence-corrected chi connectivity index (χ1v) is 17.4. The largest absolute Gasteiger partial charge is 0.411 e. The molecule has 0 unspecified atom stereocenters. The Morgan fingerprint density at radius 1 is 1.07 bits per heavy atom. The van der Waals surface area contributed by atoms with Gasteiger partial charge in [0.15, 0.2) is 16.6 Å². The van der Waals surface area contributed by atoms with E-state index in [1.807, 2.05) is 0 Å². The number of nitriles is 1. The summed E-state index contributed by atoms with van der Waals surface area (Å²) in [5, 5.41) is 9.51. The van der Waals surface area contributed by atoms with Crippen LogP contribution in [0.25, 0.3) is 0 Å². The monoisotopic (exact) mass is 453 g/mol. The summed E-state index contributed by atoms with van der Waals surface area (Å²) in [6, 6.07) is 2.31. The molecule has 1 saturated heterocycles. The zero-order chi connectivity index (χ0) is 23.4. The second-order valence-electron chi connectivity index (χ2n) is 11.8. The lowest BCUT2D eigenvalue weighted by atomic mass is 9.93. The van der Waals surface area contributed by atoms with Crippen molar-refractivity contribution in [2.45, 2.75) is 122 Å². The second-order valence-corrected chi connectivity index (χ2v) is 21.3. The molecule has 0 bridgehead atoms. The molecule has 0 radical (unpaired) electrons. The van der Waals surface area contributed by atoms with Crippen molar-refractivity contribution in [3.63, 3.8) is 0 Å². The van der Waals surface area contributed by atoms with Crippen molar-refractivity contribution in [2.24, 2.45) is 5.92 Å². The number of rotatable bonds is 9. The van der Waals surface area contributed by atoms with Gasteiger partial charge in [0, 0.05) is 12.3 Å². The number of nitrogens with zero attached hydrogens (tertiary/aromatic N) is 1. The van der Waals surface area contributed by atoms with Crippen molar-refractivity contribution in [1.29, 1.82) is 5.26 Å². The Bertz CT molecular complexity index is 611. The second kappa shape index (κ2) is 10.4. The van der Waals surface area contributed by atoms with Crippen molar-refractivity contribution in [3.8, 4) is 6.07 Å². The van der Waals surface area contributed by atoms with E-state index < -0.39 is 16.6 Å². The summed E-state index contributed by atoms with van der Waals surface area (Å²) >= 11 is 0. The first kappa shape index (κ1) is 27.6. The summed E-state index contributed by atoms with van der Waals surface area (Å²) in [4.78, 5) is 0. The zero-order valence-corrected chi connectivity index (χ0v) is 23.5. The summed E-state index contributed by atoms with van der Waals surface area (Å²) in [6.07, 6.45) is 6.82. The van der Waals surface area contributed by atoms with Gasteiger partial charge in [0.25, 0.3) is 0 Å². The van der Waals surface area contributed by atoms with Gasteiger partial charge >= 0.3 is 0 Å². The van der Waals surface area contributed by atoms with Gasteiger partial charge in [0.2, 0.25) is 0 Å². The van der Waals surface area contributed by atoms with E-state index in [0.29, 0.717) is 13.0 Å². The van der Waals surface area contributed by atoms with Crippen molar-refractivity contribution >= 4 is 16.6 Å². The van der Waals surface area contributed by atoms with Crippen molar-refractivity contribution < 1.29 is 13.6 Å². The summed E-state index contributed by atoms with van der Waals surface area (Å²) in [7, 11) is -3.72. The fourth-order valence-electron chi connectivity index (χ4n) is 3.17. The maximum Gasteiger partial charge on any atom is 0.192 e. The maximum absolute atomic E-state index is 9.16. The molecule has 6 heteroatoms. The van der Waals surface area contributed by atoms with Gasteiger partial charge in [-0.15, -0.1) is 0 Å². The van der Waals surface area contributed by atoms with Gasteiger partial charge in [0.05, 0.1) is 31.0 Å². The average Bonchev–Trinajstić information content (AvgIpc) is 2.95. The van der Waals surface area contributed by atoms with E-state index in [1.54, 1.807) is 0 Å². The predicted octanol–water partition coefficient (Wildman–Crippen LogP) is 7.05. The van der Waals surface area contributed by atoms with Crippen LogP contribution in [0.3, 0.4) is 0 Å². The van der Waals surface area contributed by atoms with E-state index in [4.69, 9.17) is 18.9 Å². The molecule has 0 aromatic carbocycles. The lowest BCUT2D eigenvalue weighted by Gasteiger charge is -2.39. The molecule has 4 nitrogen and oxygen atoms in total. The smallest absolute Gasteiger partial charge is 0.192 e. The molecule has 0 aromatic rings. The summed E-state index contributed by atoms with van der Waals surface area (Å²) in [6.45, 7) is 25.6. The molecular weight excluding hydrogens is 406 g/mol. The van der Waals surface area contributed by atoms with E-state index in [0.717, 1.165) is 12.8 Å². The molecule has 1 rings (SSSR count). The van der Waals surface area contributed by atoms with Crippen LogP contribution in [0.1, 0.15) is 67.7 Å². The van der Waals surface area contributed by atoms with Crippen LogP contribution >= 0.6 is 0 Å². The molecule has 1 aliphatic heterocycles. The molecule has 174 valence electrons. The van der Waals surface area contributed by atoms with Crippen LogP contribution in [0.15, 0.2) is 12.2 Å². The molecule has 30 heavy (non-hydrogen) atoms. The zero-order valence-electron chi connectivity index (χ0n) is 21.5. The maximum atomic E-state index is 9.16. The Balaban J connectivity index is 2.94. The van der Waals surface area contributed by atoms with Crippen LogP contribution in [0.5, 0.6) is 0 Å². The van der Waals surface area contributed by atoms with Crippen LogP contribution in [-0.4, -0.2) is 41.6 Å². The van der Waals surface area contributed by atoms with Crippen LogP contribution in [-0.2, 0) is 13.6 Å². The molecule has 0 N–H and O–H groups in total. The molecule has 1 fully saturated rings. The van der Waals surface area contributed by atoms with Crippen LogP contribution in [0, 0.1) is 17.2 Å². The van der Waals surface area contributed by atoms with E-state index in [2.05, 4.69) is 92.9 Å². The minimum atomic E-state index is -1.89. The normalized spacial score (nSPS) is 24.9. The SMILES string of the molecule is CC[C@@H](/C=C/[C@H]1OC[C@H](O[Si](C)(C)C(C)(C)C)[C@@H]1CCC#N)O[Si](C)(C)C(C)(C)C. The van der Waals surface area contributed by atoms with Gasteiger partial charge in [-0.05, 0) is 49.1 Å². The quantitative estimate of drug-likeness (QED) is 0.277. The van der Waals surface area contributed by atoms with Crippen molar-refractivity contribution in [3.05, 3.63) is 12.2 Å². The minimum Gasteiger partial charge on any atom is -0.411 e. The van der Waals surface area contributed by atoms with E-state index in [1.165, 1.54) is 0 Å². The van der Waals surface area contributed by atoms with Crippen molar-refractivity contribution in [2.75, 3.05) is 6.61 Å². The van der Waals surface area contributed by atoms with Gasteiger partial charge in [-0.25, -0.2) is 0 Å².